The van der Waals surface area contributed by atoms with E-state index in [1.165, 1.54) is 12.3 Å². The van der Waals surface area contributed by atoms with Crippen LogP contribution in [-0.4, -0.2) is 18.1 Å². The summed E-state index contributed by atoms with van der Waals surface area (Å²) in [5.74, 6) is 0. The number of hydrogen-bond acceptors (Lipinski definition) is 3. The average Bonchev–Trinajstić information content (AvgIpc) is 2.71. The number of rotatable bonds is 4. The number of benzene rings is 1. The number of aliphatic hydroxyl groups excluding tert-OH is 1. The first kappa shape index (κ1) is 13.6. The fourth-order valence-corrected chi connectivity index (χ4v) is 2.95. The molecule has 5 nitrogen and oxygen atoms in total. The van der Waals surface area contributed by atoms with E-state index in [0.717, 1.165) is 5.56 Å². The SMILES string of the molecule is Cc1cccc(NS(=O)(=O)c2cc(CO)n(C)c2)c1. The van der Waals surface area contributed by atoms with Crippen molar-refractivity contribution in [3.8, 4) is 0 Å². The molecule has 6 heteroatoms. The predicted molar refractivity (Wildman–Crippen MR) is 73.3 cm³/mol. The Morgan fingerprint density at radius 2 is 2.05 bits per heavy atom. The van der Waals surface area contributed by atoms with E-state index in [9.17, 15) is 8.42 Å². The van der Waals surface area contributed by atoms with Crippen LogP contribution in [0.3, 0.4) is 0 Å². The highest BCUT2D eigenvalue weighted by Gasteiger charge is 2.17. The molecule has 19 heavy (non-hydrogen) atoms. The zero-order chi connectivity index (χ0) is 14.0. The Hall–Kier alpha value is -1.79. The fourth-order valence-electron chi connectivity index (χ4n) is 1.80. The summed E-state index contributed by atoms with van der Waals surface area (Å²) in [5, 5.41) is 9.09. The van der Waals surface area contributed by atoms with Gasteiger partial charge in [-0.2, -0.15) is 0 Å². The molecular weight excluding hydrogens is 264 g/mol. The number of hydrogen-bond donors (Lipinski definition) is 2. The number of aryl methyl sites for hydroxylation is 2. The van der Waals surface area contributed by atoms with Crippen LogP contribution in [-0.2, 0) is 23.7 Å². The monoisotopic (exact) mass is 280 g/mol. The van der Waals surface area contributed by atoms with Crippen molar-refractivity contribution in [2.75, 3.05) is 4.72 Å². The molecule has 0 bridgehead atoms. The van der Waals surface area contributed by atoms with Gasteiger partial charge in [-0.05, 0) is 30.7 Å². The molecule has 1 aromatic carbocycles. The molecule has 2 N–H and O–H groups in total. The molecule has 1 heterocycles. The van der Waals surface area contributed by atoms with Gasteiger partial charge in [0.15, 0.2) is 0 Å². The quantitative estimate of drug-likeness (QED) is 0.894. The standard InChI is InChI=1S/C13H16N2O3S/c1-10-4-3-5-11(6-10)14-19(17,18)13-7-12(9-16)15(2)8-13/h3-8,14,16H,9H2,1-2H3. The van der Waals surface area contributed by atoms with Crippen LogP contribution in [0.4, 0.5) is 5.69 Å². The lowest BCUT2D eigenvalue weighted by atomic mass is 10.2. The van der Waals surface area contributed by atoms with Crippen LogP contribution in [0, 0.1) is 6.92 Å². The summed E-state index contributed by atoms with van der Waals surface area (Å²) < 4.78 is 28.5. The van der Waals surface area contributed by atoms with Crippen LogP contribution in [0.15, 0.2) is 41.4 Å². The van der Waals surface area contributed by atoms with Crippen molar-refractivity contribution in [2.24, 2.45) is 7.05 Å². The molecule has 1 aromatic heterocycles. The number of nitrogens with zero attached hydrogens (tertiary/aromatic N) is 1. The van der Waals surface area contributed by atoms with Gasteiger partial charge in [0.2, 0.25) is 0 Å². The Balaban J connectivity index is 2.32. The van der Waals surface area contributed by atoms with E-state index >= 15 is 0 Å². The highest BCUT2D eigenvalue weighted by Crippen LogP contribution is 2.18. The van der Waals surface area contributed by atoms with Gasteiger partial charge in [-0.15, -0.1) is 0 Å². The molecule has 2 aromatic rings. The van der Waals surface area contributed by atoms with Crippen LogP contribution in [0.25, 0.3) is 0 Å². The molecule has 0 aliphatic heterocycles. The second kappa shape index (κ2) is 5.07. The zero-order valence-corrected chi connectivity index (χ0v) is 11.6. The Bertz CT molecular complexity index is 690. The van der Waals surface area contributed by atoms with E-state index in [1.807, 2.05) is 13.0 Å². The highest BCUT2D eigenvalue weighted by atomic mass is 32.2. The predicted octanol–water partition coefficient (Wildman–Crippen LogP) is 1.63. The first-order valence-electron chi connectivity index (χ1n) is 5.78. The van der Waals surface area contributed by atoms with Gasteiger partial charge < -0.3 is 9.67 Å². The van der Waals surface area contributed by atoms with E-state index in [0.29, 0.717) is 11.4 Å². The molecule has 0 atom stereocenters. The van der Waals surface area contributed by atoms with Gasteiger partial charge in [0.1, 0.15) is 4.90 Å². The van der Waals surface area contributed by atoms with Gasteiger partial charge in [0.25, 0.3) is 10.0 Å². The van der Waals surface area contributed by atoms with Crippen LogP contribution >= 0.6 is 0 Å². The number of aliphatic hydroxyl groups is 1. The van der Waals surface area contributed by atoms with Crippen molar-refractivity contribution in [3.05, 3.63) is 47.8 Å². The molecule has 2 rings (SSSR count). The third-order valence-corrected chi connectivity index (χ3v) is 4.17. The summed E-state index contributed by atoms with van der Waals surface area (Å²) in [6.07, 6.45) is 1.48. The van der Waals surface area contributed by atoms with Crippen molar-refractivity contribution in [2.45, 2.75) is 18.4 Å². The molecule has 0 aliphatic carbocycles. The second-order valence-corrected chi connectivity index (χ2v) is 6.09. The van der Waals surface area contributed by atoms with Crippen molar-refractivity contribution in [3.63, 3.8) is 0 Å². The minimum absolute atomic E-state index is 0.139. The van der Waals surface area contributed by atoms with Crippen LogP contribution in [0.5, 0.6) is 0 Å². The first-order chi connectivity index (χ1) is 8.92. The molecule has 0 saturated heterocycles. The Morgan fingerprint density at radius 1 is 1.32 bits per heavy atom. The van der Waals surface area contributed by atoms with Crippen molar-refractivity contribution < 1.29 is 13.5 Å². The van der Waals surface area contributed by atoms with E-state index in [2.05, 4.69) is 4.72 Å². The smallest absolute Gasteiger partial charge is 0.263 e. The molecule has 0 fully saturated rings. The highest BCUT2D eigenvalue weighted by molar-refractivity contribution is 7.92. The maximum Gasteiger partial charge on any atom is 0.263 e. The average molecular weight is 280 g/mol. The third kappa shape index (κ3) is 2.97. The summed E-state index contributed by atoms with van der Waals surface area (Å²) in [4.78, 5) is 0.139. The van der Waals surface area contributed by atoms with Crippen molar-refractivity contribution in [1.82, 2.24) is 4.57 Å². The van der Waals surface area contributed by atoms with E-state index < -0.39 is 10.0 Å². The Morgan fingerprint density at radius 3 is 2.63 bits per heavy atom. The van der Waals surface area contributed by atoms with Gasteiger partial charge in [0, 0.05) is 24.6 Å². The Kier molecular flexibility index (Phi) is 3.64. The number of aromatic nitrogens is 1. The van der Waals surface area contributed by atoms with Gasteiger partial charge in [-0.1, -0.05) is 12.1 Å². The number of nitrogens with one attached hydrogen (secondary N) is 1. The molecule has 0 aliphatic rings. The van der Waals surface area contributed by atoms with Gasteiger partial charge in [-0.25, -0.2) is 8.42 Å². The summed E-state index contributed by atoms with van der Waals surface area (Å²) in [5.41, 5.74) is 2.04. The second-order valence-electron chi connectivity index (χ2n) is 4.41. The lowest BCUT2D eigenvalue weighted by Crippen LogP contribution is -2.12. The lowest BCUT2D eigenvalue weighted by Gasteiger charge is -2.06. The molecule has 0 saturated carbocycles. The fraction of sp³-hybridized carbons (Fsp3) is 0.231. The Labute approximate surface area is 112 Å². The van der Waals surface area contributed by atoms with E-state index in [4.69, 9.17) is 5.11 Å². The van der Waals surface area contributed by atoms with Gasteiger partial charge in [-0.3, -0.25) is 4.72 Å². The van der Waals surface area contributed by atoms with Crippen LogP contribution < -0.4 is 4.72 Å². The molecule has 0 spiro atoms. The molecule has 0 radical (unpaired) electrons. The summed E-state index contributed by atoms with van der Waals surface area (Å²) in [6, 6.07) is 8.59. The van der Waals surface area contributed by atoms with Crippen LogP contribution in [0.2, 0.25) is 0 Å². The third-order valence-electron chi connectivity index (χ3n) is 2.83. The normalized spacial score (nSPS) is 11.5. The summed E-state index contributed by atoms with van der Waals surface area (Å²) >= 11 is 0. The number of sulfonamides is 1. The van der Waals surface area contributed by atoms with Crippen molar-refractivity contribution in [1.29, 1.82) is 0 Å². The minimum Gasteiger partial charge on any atom is -0.390 e. The topological polar surface area (TPSA) is 71.3 Å². The maximum atomic E-state index is 12.2. The lowest BCUT2D eigenvalue weighted by molar-refractivity contribution is 0.272. The zero-order valence-electron chi connectivity index (χ0n) is 10.8. The van der Waals surface area contributed by atoms with Gasteiger partial charge >= 0.3 is 0 Å². The minimum atomic E-state index is -3.62. The molecule has 102 valence electrons. The number of anilines is 1. The largest absolute Gasteiger partial charge is 0.390 e. The summed E-state index contributed by atoms with van der Waals surface area (Å²) in [6.45, 7) is 1.70. The van der Waals surface area contributed by atoms with Crippen molar-refractivity contribution >= 4 is 15.7 Å². The molecule has 0 amide bonds. The first-order valence-corrected chi connectivity index (χ1v) is 7.26. The van der Waals surface area contributed by atoms with Crippen LogP contribution in [0.1, 0.15) is 11.3 Å². The van der Waals surface area contributed by atoms with E-state index in [-0.39, 0.29) is 11.5 Å². The maximum absolute atomic E-state index is 12.2. The van der Waals surface area contributed by atoms with Gasteiger partial charge in [0.05, 0.1) is 6.61 Å². The van der Waals surface area contributed by atoms with E-state index in [1.54, 1.807) is 29.8 Å². The molecule has 0 unspecified atom stereocenters. The molecular formula is C13H16N2O3S. The summed E-state index contributed by atoms with van der Waals surface area (Å²) in [7, 11) is -1.93.